The molecule has 1 aromatic carbocycles. The summed E-state index contributed by atoms with van der Waals surface area (Å²) in [6.07, 6.45) is 1.64. The second-order valence-electron chi connectivity index (χ2n) is 3.05. The van der Waals surface area contributed by atoms with Crippen LogP contribution in [-0.4, -0.2) is 11.3 Å². The molecule has 2 aromatic rings. The number of aliphatic imine (C=N–C) groups is 1. The Balaban J connectivity index is 2.17. The molecule has 0 aliphatic rings. The van der Waals surface area contributed by atoms with Crippen molar-refractivity contribution >= 4 is 50.4 Å². The normalized spacial score (nSPS) is 11.1. The first kappa shape index (κ1) is 11.7. The van der Waals surface area contributed by atoms with Crippen molar-refractivity contribution in [3.05, 3.63) is 44.3 Å². The highest BCUT2D eigenvalue weighted by Gasteiger charge is 2.03. The lowest BCUT2D eigenvalue weighted by molar-refractivity contribution is 0.475. The van der Waals surface area contributed by atoms with Crippen molar-refractivity contribution in [3.8, 4) is 5.75 Å². The third-order valence-corrected chi connectivity index (χ3v) is 3.99. The fourth-order valence-corrected chi connectivity index (χ4v) is 1.82. The molecule has 0 saturated heterocycles. The van der Waals surface area contributed by atoms with Gasteiger partial charge in [-0.15, -0.1) is 0 Å². The van der Waals surface area contributed by atoms with Crippen LogP contribution in [0.15, 0.2) is 44.2 Å². The van der Waals surface area contributed by atoms with Gasteiger partial charge < -0.3 is 9.52 Å². The Morgan fingerprint density at radius 1 is 1.31 bits per heavy atom. The zero-order chi connectivity index (χ0) is 11.5. The molecule has 1 heterocycles. The van der Waals surface area contributed by atoms with Gasteiger partial charge in [0.15, 0.2) is 3.77 Å². The molecule has 2 rings (SSSR count). The predicted molar refractivity (Wildman–Crippen MR) is 74.5 cm³/mol. The Morgan fingerprint density at radius 3 is 2.56 bits per heavy atom. The summed E-state index contributed by atoms with van der Waals surface area (Å²) in [4.78, 5) is 4.22. The molecule has 0 fully saturated rings. The number of hydrogen-bond donors (Lipinski definition) is 1. The van der Waals surface area contributed by atoms with Crippen LogP contribution in [0.5, 0.6) is 5.75 Å². The average molecular weight is 392 g/mol. The van der Waals surface area contributed by atoms with Gasteiger partial charge in [0.05, 0.1) is 16.4 Å². The number of rotatable bonds is 2. The van der Waals surface area contributed by atoms with Gasteiger partial charge in [-0.1, -0.05) is 0 Å². The molecule has 82 valence electrons. The van der Waals surface area contributed by atoms with Crippen molar-refractivity contribution in [2.45, 2.75) is 0 Å². The summed E-state index contributed by atoms with van der Waals surface area (Å²) in [5.41, 5.74) is 0.764. The minimum Gasteiger partial charge on any atom is -0.508 e. The van der Waals surface area contributed by atoms with E-state index in [4.69, 9.17) is 9.52 Å². The quantitative estimate of drug-likeness (QED) is 0.618. The van der Waals surface area contributed by atoms with Crippen LogP contribution in [0.25, 0.3) is 0 Å². The summed E-state index contributed by atoms with van der Waals surface area (Å²) in [6, 6.07) is 8.50. The van der Waals surface area contributed by atoms with Crippen LogP contribution >= 0.6 is 38.5 Å². The van der Waals surface area contributed by atoms with Crippen molar-refractivity contribution in [2.24, 2.45) is 4.99 Å². The SMILES string of the molecule is Oc1ccc(N=Cc2cc(Br)c(I)o2)cc1. The Kier molecular flexibility index (Phi) is 3.65. The van der Waals surface area contributed by atoms with E-state index in [1.54, 1.807) is 30.5 Å². The standard InChI is InChI=1S/C11H7BrINO2/c12-10-5-9(16-11(10)13)6-14-7-1-3-8(15)4-2-7/h1-6,15H. The fraction of sp³-hybridized carbons (Fsp3) is 0. The Morgan fingerprint density at radius 2 is 2.00 bits per heavy atom. The van der Waals surface area contributed by atoms with Gasteiger partial charge in [-0.3, -0.25) is 4.99 Å². The first-order valence-corrected chi connectivity index (χ1v) is 6.30. The molecular weight excluding hydrogens is 385 g/mol. The maximum Gasteiger partial charge on any atom is 0.178 e. The number of furan rings is 1. The Bertz CT molecular complexity index is 500. The van der Waals surface area contributed by atoms with Crippen LogP contribution in [0.3, 0.4) is 0 Å². The van der Waals surface area contributed by atoms with Gasteiger partial charge in [-0.25, -0.2) is 0 Å². The van der Waals surface area contributed by atoms with Gasteiger partial charge in [-0.05, 0) is 40.2 Å². The van der Waals surface area contributed by atoms with E-state index in [0.29, 0.717) is 5.76 Å². The zero-order valence-electron chi connectivity index (χ0n) is 8.02. The second kappa shape index (κ2) is 5.01. The van der Waals surface area contributed by atoms with Crippen molar-refractivity contribution < 1.29 is 9.52 Å². The first-order chi connectivity index (χ1) is 7.65. The molecular formula is C11H7BrINO2. The second-order valence-corrected chi connectivity index (χ2v) is 4.88. The summed E-state index contributed by atoms with van der Waals surface area (Å²) >= 11 is 5.45. The topological polar surface area (TPSA) is 45.7 Å². The Hall–Kier alpha value is -0.820. The molecule has 0 aliphatic heterocycles. The smallest absolute Gasteiger partial charge is 0.178 e. The van der Waals surface area contributed by atoms with Gasteiger partial charge in [0, 0.05) is 28.7 Å². The minimum atomic E-state index is 0.231. The Labute approximate surface area is 114 Å². The molecule has 1 aromatic heterocycles. The summed E-state index contributed by atoms with van der Waals surface area (Å²) in [5.74, 6) is 0.915. The van der Waals surface area contributed by atoms with Gasteiger partial charge in [0.1, 0.15) is 11.5 Å². The molecule has 0 spiro atoms. The number of benzene rings is 1. The van der Waals surface area contributed by atoms with Crippen molar-refractivity contribution in [2.75, 3.05) is 0 Å². The van der Waals surface area contributed by atoms with Gasteiger partial charge in [0.25, 0.3) is 0 Å². The van der Waals surface area contributed by atoms with Crippen LogP contribution in [0, 0.1) is 3.77 Å². The number of phenolic OH excluding ortho intramolecular Hbond substituents is 1. The lowest BCUT2D eigenvalue weighted by atomic mass is 10.3. The van der Waals surface area contributed by atoms with E-state index in [9.17, 15) is 0 Å². The van der Waals surface area contributed by atoms with E-state index in [1.807, 2.05) is 6.07 Å². The van der Waals surface area contributed by atoms with Gasteiger partial charge in [0.2, 0.25) is 0 Å². The summed E-state index contributed by atoms with van der Waals surface area (Å²) in [7, 11) is 0. The lowest BCUT2D eigenvalue weighted by Crippen LogP contribution is -1.73. The maximum atomic E-state index is 9.10. The van der Waals surface area contributed by atoms with Crippen LogP contribution in [0.2, 0.25) is 0 Å². The van der Waals surface area contributed by atoms with E-state index in [1.165, 1.54) is 0 Å². The molecule has 1 N–H and O–H groups in total. The molecule has 0 atom stereocenters. The number of aromatic hydroxyl groups is 1. The number of phenols is 1. The minimum absolute atomic E-state index is 0.231. The average Bonchev–Trinajstić information content (AvgIpc) is 2.58. The fourth-order valence-electron chi connectivity index (χ4n) is 1.10. The van der Waals surface area contributed by atoms with Crippen LogP contribution in [0.4, 0.5) is 5.69 Å². The molecule has 0 amide bonds. The third-order valence-electron chi connectivity index (χ3n) is 1.85. The molecule has 5 heteroatoms. The van der Waals surface area contributed by atoms with Crippen molar-refractivity contribution in [1.29, 1.82) is 0 Å². The number of nitrogens with zero attached hydrogens (tertiary/aromatic N) is 1. The molecule has 16 heavy (non-hydrogen) atoms. The van der Waals surface area contributed by atoms with Crippen LogP contribution in [-0.2, 0) is 0 Å². The molecule has 0 radical (unpaired) electrons. The van der Waals surface area contributed by atoms with Crippen LogP contribution < -0.4 is 0 Å². The molecule has 0 saturated carbocycles. The summed E-state index contributed by atoms with van der Waals surface area (Å²) in [5, 5.41) is 9.10. The monoisotopic (exact) mass is 391 g/mol. The number of hydrogen-bond acceptors (Lipinski definition) is 3. The predicted octanol–water partition coefficient (Wildman–Crippen LogP) is 4.10. The summed E-state index contributed by atoms with van der Waals surface area (Å²) < 4.78 is 7.11. The van der Waals surface area contributed by atoms with Crippen molar-refractivity contribution in [3.63, 3.8) is 0 Å². The highest BCUT2D eigenvalue weighted by atomic mass is 127. The van der Waals surface area contributed by atoms with Gasteiger partial charge >= 0.3 is 0 Å². The summed E-state index contributed by atoms with van der Waals surface area (Å²) in [6.45, 7) is 0. The number of halogens is 2. The van der Waals surface area contributed by atoms with E-state index in [-0.39, 0.29) is 5.75 Å². The van der Waals surface area contributed by atoms with E-state index >= 15 is 0 Å². The molecule has 0 aliphatic carbocycles. The van der Waals surface area contributed by atoms with Crippen molar-refractivity contribution in [1.82, 2.24) is 0 Å². The highest BCUT2D eigenvalue weighted by Crippen LogP contribution is 2.23. The highest BCUT2D eigenvalue weighted by molar-refractivity contribution is 14.1. The zero-order valence-corrected chi connectivity index (χ0v) is 11.8. The van der Waals surface area contributed by atoms with Crippen LogP contribution in [0.1, 0.15) is 5.76 Å². The molecule has 0 unspecified atom stereocenters. The molecule has 3 nitrogen and oxygen atoms in total. The lowest BCUT2D eigenvalue weighted by Gasteiger charge is -1.92. The third kappa shape index (κ3) is 2.85. The van der Waals surface area contributed by atoms with E-state index < -0.39 is 0 Å². The van der Waals surface area contributed by atoms with Gasteiger partial charge in [-0.2, -0.15) is 0 Å². The van der Waals surface area contributed by atoms with E-state index in [2.05, 4.69) is 43.5 Å². The largest absolute Gasteiger partial charge is 0.508 e. The molecule has 0 bridgehead atoms. The van der Waals surface area contributed by atoms with E-state index in [0.717, 1.165) is 13.9 Å². The maximum absolute atomic E-state index is 9.10. The first-order valence-electron chi connectivity index (χ1n) is 4.43.